The molecule has 0 bridgehead atoms. The van der Waals surface area contributed by atoms with Crippen LogP contribution in [-0.2, 0) is 0 Å². The largest absolute Gasteiger partial charge is 0.154 e. The molecule has 0 spiro atoms. The molecular weight excluding hydrogens is 161 g/mol. The Morgan fingerprint density at radius 3 is 2.08 bits per heavy atom. The van der Waals surface area contributed by atoms with Crippen LogP contribution in [0, 0.1) is 0 Å². The van der Waals surface area contributed by atoms with Crippen molar-refractivity contribution in [2.24, 2.45) is 0 Å². The molecule has 1 fully saturated rings. The molecule has 0 saturated carbocycles. The normalized spacial score (nSPS) is 33.6. The van der Waals surface area contributed by atoms with Gasteiger partial charge in [-0.2, -0.15) is 0 Å². The molecule has 1 radical (unpaired) electrons. The fourth-order valence-corrected chi connectivity index (χ4v) is 7.40. The molecular formula is C9H21B2P+. The summed E-state index contributed by atoms with van der Waals surface area (Å²) in [6.07, 6.45) is 2.75. The summed E-state index contributed by atoms with van der Waals surface area (Å²) in [6.45, 7) is 13.1. The molecule has 0 aromatic carbocycles. The first-order chi connectivity index (χ1) is 5.54. The van der Waals surface area contributed by atoms with E-state index in [4.69, 9.17) is 0 Å². The Morgan fingerprint density at radius 2 is 1.83 bits per heavy atom. The fraction of sp³-hybridized carbons (Fsp3) is 1.00. The second-order valence-corrected chi connectivity index (χ2v) is 9.22. The highest BCUT2D eigenvalue weighted by Crippen LogP contribution is 2.66. The van der Waals surface area contributed by atoms with Gasteiger partial charge >= 0.3 is 0 Å². The quantitative estimate of drug-likeness (QED) is 0.454. The minimum atomic E-state index is -0.625. The molecule has 3 heteroatoms. The average molecular weight is 182 g/mol. The highest BCUT2D eigenvalue weighted by Gasteiger charge is 2.52. The Hall–Kier alpha value is 0.560. The van der Waals surface area contributed by atoms with Gasteiger partial charge in [0.1, 0.15) is 7.17 Å². The molecule has 0 aromatic rings. The highest BCUT2D eigenvalue weighted by molar-refractivity contribution is 7.83. The van der Waals surface area contributed by atoms with Crippen molar-refractivity contribution in [1.82, 2.24) is 0 Å². The minimum Gasteiger partial charge on any atom is -0.0885 e. The molecule has 0 aliphatic carbocycles. The Kier molecular flexibility index (Phi) is 3.32. The summed E-state index contributed by atoms with van der Waals surface area (Å²) in [7, 11) is 2.00. The van der Waals surface area contributed by atoms with Crippen molar-refractivity contribution in [2.45, 2.75) is 44.6 Å². The van der Waals surface area contributed by atoms with Gasteiger partial charge in [0, 0.05) is 24.4 Å². The molecule has 0 amide bonds. The summed E-state index contributed by atoms with van der Waals surface area (Å²) in [6, 6.07) is 0. The zero-order chi connectivity index (χ0) is 9.35. The highest BCUT2D eigenvalue weighted by atomic mass is 31.2. The minimum absolute atomic E-state index is 0.625. The van der Waals surface area contributed by atoms with Crippen molar-refractivity contribution in [3.05, 3.63) is 0 Å². The monoisotopic (exact) mass is 182 g/mol. The molecule has 0 aromatic heterocycles. The summed E-state index contributed by atoms with van der Waals surface area (Å²) in [4.78, 5) is 0. The van der Waals surface area contributed by atoms with Crippen molar-refractivity contribution in [1.29, 1.82) is 0 Å². The molecule has 2 unspecified atom stereocenters. The van der Waals surface area contributed by atoms with Crippen LogP contribution in [0.1, 0.15) is 26.7 Å². The average Bonchev–Trinajstić information content (AvgIpc) is 2.21. The van der Waals surface area contributed by atoms with Gasteiger partial charge in [-0.15, -0.1) is 0 Å². The van der Waals surface area contributed by atoms with Crippen LogP contribution < -0.4 is 0 Å². The summed E-state index contributed by atoms with van der Waals surface area (Å²) < 4.78 is 0. The van der Waals surface area contributed by atoms with Crippen molar-refractivity contribution >= 4 is 21.0 Å². The van der Waals surface area contributed by atoms with Gasteiger partial charge in [-0.1, -0.05) is 20.7 Å². The molecule has 0 N–H and O–H groups in total. The first-order valence-corrected chi connectivity index (χ1v) is 8.04. The summed E-state index contributed by atoms with van der Waals surface area (Å²) in [5.41, 5.74) is 1.97. The van der Waals surface area contributed by atoms with E-state index in [0.717, 1.165) is 17.7 Å². The van der Waals surface area contributed by atoms with Gasteiger partial charge < -0.3 is 0 Å². The van der Waals surface area contributed by atoms with Crippen LogP contribution in [0.4, 0.5) is 0 Å². The van der Waals surface area contributed by atoms with Crippen LogP contribution in [0.25, 0.3) is 0 Å². The molecule has 12 heavy (non-hydrogen) atoms. The van der Waals surface area contributed by atoms with Crippen LogP contribution in [0.5, 0.6) is 0 Å². The van der Waals surface area contributed by atoms with Gasteiger partial charge in [0.25, 0.3) is 0 Å². The van der Waals surface area contributed by atoms with E-state index in [1.165, 1.54) is 12.8 Å². The van der Waals surface area contributed by atoms with Gasteiger partial charge in [-0.05, 0) is 20.1 Å². The van der Waals surface area contributed by atoms with E-state index in [-0.39, 0.29) is 0 Å². The molecule has 0 nitrogen and oxygen atoms in total. The van der Waals surface area contributed by atoms with Gasteiger partial charge in [-0.3, -0.25) is 0 Å². The van der Waals surface area contributed by atoms with E-state index in [2.05, 4.69) is 41.2 Å². The number of hydrogen-bond acceptors (Lipinski definition) is 0. The van der Waals surface area contributed by atoms with Crippen LogP contribution in [0.15, 0.2) is 0 Å². The van der Waals surface area contributed by atoms with E-state index in [1.54, 1.807) is 0 Å². The van der Waals surface area contributed by atoms with E-state index in [1.807, 2.05) is 0 Å². The molecule has 2 atom stereocenters. The molecule has 1 aliphatic heterocycles. The smallest absolute Gasteiger partial charge is 0.0885 e. The third-order valence-electron chi connectivity index (χ3n) is 3.68. The van der Waals surface area contributed by atoms with Gasteiger partial charge in [0.15, 0.2) is 6.60 Å². The van der Waals surface area contributed by atoms with Crippen LogP contribution in [0.3, 0.4) is 0 Å². The maximum Gasteiger partial charge on any atom is 0.154 e. The van der Waals surface area contributed by atoms with Gasteiger partial charge in [0.2, 0.25) is 0 Å². The second kappa shape index (κ2) is 3.74. The first kappa shape index (κ1) is 10.6. The van der Waals surface area contributed by atoms with Crippen molar-refractivity contribution in [3.63, 3.8) is 0 Å². The fourth-order valence-electron chi connectivity index (χ4n) is 3.00. The maximum atomic E-state index is 2.63. The predicted molar refractivity (Wildman–Crippen MR) is 64.3 cm³/mol. The second-order valence-electron chi connectivity index (χ2n) is 4.63. The zero-order valence-corrected chi connectivity index (χ0v) is 10.1. The standard InChI is InChI=1S/C9H21B2P/c1-6-8-10-11(3)9(7-2)12(8,4)5/h8-9H,6-7H2,1-5H3/q+1. The first-order valence-electron chi connectivity index (χ1n) is 5.22. The Balaban J connectivity index is 2.76. The summed E-state index contributed by atoms with van der Waals surface area (Å²) >= 11 is 0. The lowest BCUT2D eigenvalue weighted by atomic mass is 9.20. The predicted octanol–water partition coefficient (Wildman–Crippen LogP) is 2.66. The zero-order valence-electron chi connectivity index (χ0n) is 9.17. The Morgan fingerprint density at radius 1 is 1.25 bits per heavy atom. The number of hydrogen-bond donors (Lipinski definition) is 0. The van der Waals surface area contributed by atoms with Gasteiger partial charge in [0.05, 0.1) is 0 Å². The molecule has 1 rings (SSSR count). The molecule has 1 saturated heterocycles. The van der Waals surface area contributed by atoms with E-state index >= 15 is 0 Å². The third-order valence-corrected chi connectivity index (χ3v) is 8.47. The van der Waals surface area contributed by atoms with Crippen molar-refractivity contribution in [2.75, 3.05) is 13.3 Å². The maximum absolute atomic E-state index is 2.63. The van der Waals surface area contributed by atoms with E-state index < -0.39 is 7.26 Å². The van der Waals surface area contributed by atoms with E-state index in [9.17, 15) is 0 Å². The lowest BCUT2D eigenvalue weighted by Gasteiger charge is -2.27. The van der Waals surface area contributed by atoms with Crippen LogP contribution in [0.2, 0.25) is 6.82 Å². The summed E-state index contributed by atoms with van der Waals surface area (Å²) in [5, 5.41) is 0. The Bertz CT molecular complexity index is 159. The molecule has 1 heterocycles. The third kappa shape index (κ3) is 1.60. The van der Waals surface area contributed by atoms with E-state index in [0.29, 0.717) is 0 Å². The molecule has 67 valence electrons. The lowest BCUT2D eigenvalue weighted by molar-refractivity contribution is 0.980. The lowest BCUT2D eigenvalue weighted by Crippen LogP contribution is -2.26. The topological polar surface area (TPSA) is 0 Å². The Labute approximate surface area is 79.5 Å². The molecule has 1 aliphatic rings. The van der Waals surface area contributed by atoms with Crippen molar-refractivity contribution < 1.29 is 0 Å². The number of rotatable bonds is 2. The van der Waals surface area contributed by atoms with Gasteiger partial charge in [-0.25, -0.2) is 0 Å². The summed E-state index contributed by atoms with van der Waals surface area (Å²) in [5.74, 6) is 0. The van der Waals surface area contributed by atoms with Crippen LogP contribution >= 0.6 is 7.26 Å². The SMILES string of the molecule is CCC1[B]B(C)C(CC)[P+]1(C)C. The van der Waals surface area contributed by atoms with Crippen molar-refractivity contribution in [3.8, 4) is 0 Å². The van der Waals surface area contributed by atoms with Crippen LogP contribution in [-0.4, -0.2) is 38.2 Å².